The minimum atomic E-state index is -0.0348. The van der Waals surface area contributed by atoms with E-state index in [-0.39, 0.29) is 11.7 Å². The largest absolute Gasteiger partial charge is 0.507 e. The molecule has 1 aromatic carbocycles. The van der Waals surface area contributed by atoms with E-state index in [0.29, 0.717) is 17.5 Å². The lowest BCUT2D eigenvalue weighted by Crippen LogP contribution is -2.36. The minimum Gasteiger partial charge on any atom is -0.507 e. The van der Waals surface area contributed by atoms with Crippen molar-refractivity contribution in [2.24, 2.45) is 5.92 Å². The average molecular weight is 247 g/mol. The summed E-state index contributed by atoms with van der Waals surface area (Å²) in [5.41, 5.74) is 1.18. The van der Waals surface area contributed by atoms with E-state index in [4.69, 9.17) is 0 Å². The molecule has 98 valence electrons. The molecule has 1 fully saturated rings. The van der Waals surface area contributed by atoms with E-state index in [2.05, 4.69) is 13.8 Å². The number of carbonyl (C=O) groups excluding carboxylic acids is 1. The predicted octanol–water partition coefficient (Wildman–Crippen LogP) is 2.96. The number of carbonyl (C=O) groups is 1. The lowest BCUT2D eigenvalue weighted by atomic mass is 10.1. The summed E-state index contributed by atoms with van der Waals surface area (Å²) in [5, 5.41) is 10.0. The molecular formula is C15H21NO2. The van der Waals surface area contributed by atoms with Crippen LogP contribution >= 0.6 is 0 Å². The van der Waals surface area contributed by atoms with Crippen molar-refractivity contribution in [3.8, 4) is 5.75 Å². The Bertz CT molecular complexity index is 450. The zero-order chi connectivity index (χ0) is 13.3. The van der Waals surface area contributed by atoms with Crippen LogP contribution in [0.25, 0.3) is 0 Å². The first-order valence-electron chi connectivity index (χ1n) is 6.60. The zero-order valence-electron chi connectivity index (χ0n) is 11.3. The molecule has 0 bridgehead atoms. The van der Waals surface area contributed by atoms with Gasteiger partial charge in [-0.15, -0.1) is 0 Å². The number of nitrogens with zero attached hydrogens (tertiary/aromatic N) is 1. The first-order chi connectivity index (χ1) is 8.50. The second-order valence-electron chi connectivity index (χ2n) is 5.55. The number of para-hydroxylation sites is 1. The van der Waals surface area contributed by atoms with Crippen molar-refractivity contribution in [1.82, 2.24) is 4.90 Å². The van der Waals surface area contributed by atoms with E-state index in [1.165, 1.54) is 0 Å². The van der Waals surface area contributed by atoms with Crippen LogP contribution < -0.4 is 0 Å². The number of phenolic OH excluding ortho intramolecular Hbond substituents is 1. The molecule has 0 atom stereocenters. The van der Waals surface area contributed by atoms with Crippen LogP contribution in [0.15, 0.2) is 18.2 Å². The lowest BCUT2D eigenvalue weighted by molar-refractivity contribution is 0.0719. The molecular weight excluding hydrogens is 226 g/mol. The van der Waals surface area contributed by atoms with Crippen LogP contribution in [-0.2, 0) is 0 Å². The van der Waals surface area contributed by atoms with Gasteiger partial charge in [-0.25, -0.2) is 0 Å². The molecule has 1 N–H and O–H groups in total. The Morgan fingerprint density at radius 3 is 2.67 bits per heavy atom. The van der Waals surface area contributed by atoms with Crippen molar-refractivity contribution < 1.29 is 9.90 Å². The Hall–Kier alpha value is -1.51. The molecule has 0 heterocycles. The number of benzene rings is 1. The number of hydrogen-bond donors (Lipinski definition) is 1. The maximum atomic E-state index is 12.5. The monoisotopic (exact) mass is 247 g/mol. The topological polar surface area (TPSA) is 40.5 Å². The Morgan fingerprint density at radius 1 is 1.44 bits per heavy atom. The number of amides is 1. The number of hydrogen-bond acceptors (Lipinski definition) is 2. The van der Waals surface area contributed by atoms with Gasteiger partial charge in [0.1, 0.15) is 5.75 Å². The van der Waals surface area contributed by atoms with E-state index in [0.717, 1.165) is 24.9 Å². The first kappa shape index (κ1) is 12.9. The molecule has 18 heavy (non-hydrogen) atoms. The SMILES string of the molecule is Cc1cccc(C(=O)N(CC(C)C)C2CC2)c1O. The summed E-state index contributed by atoms with van der Waals surface area (Å²) in [6.07, 6.45) is 2.18. The van der Waals surface area contributed by atoms with Gasteiger partial charge < -0.3 is 10.0 Å². The summed E-state index contributed by atoms with van der Waals surface area (Å²) < 4.78 is 0. The maximum absolute atomic E-state index is 12.5. The highest BCUT2D eigenvalue weighted by molar-refractivity contribution is 5.97. The van der Waals surface area contributed by atoms with Gasteiger partial charge in [-0.1, -0.05) is 26.0 Å². The first-order valence-corrected chi connectivity index (χ1v) is 6.60. The van der Waals surface area contributed by atoms with Crippen molar-refractivity contribution in [2.75, 3.05) is 6.54 Å². The number of aryl methyl sites for hydroxylation is 1. The summed E-state index contributed by atoms with van der Waals surface area (Å²) in [7, 11) is 0. The van der Waals surface area contributed by atoms with Crippen LogP contribution in [0.3, 0.4) is 0 Å². The lowest BCUT2D eigenvalue weighted by Gasteiger charge is -2.25. The molecule has 1 amide bonds. The number of rotatable bonds is 4. The van der Waals surface area contributed by atoms with Gasteiger partial charge in [0.05, 0.1) is 5.56 Å². The maximum Gasteiger partial charge on any atom is 0.257 e. The Labute approximate surface area is 108 Å². The fraction of sp³-hybridized carbons (Fsp3) is 0.533. The van der Waals surface area contributed by atoms with Gasteiger partial charge in [0, 0.05) is 12.6 Å². The van der Waals surface area contributed by atoms with Crippen molar-refractivity contribution in [2.45, 2.75) is 39.7 Å². The summed E-state index contributed by atoms with van der Waals surface area (Å²) in [6.45, 7) is 6.80. The molecule has 0 aliphatic heterocycles. The summed E-state index contributed by atoms with van der Waals surface area (Å²) in [5.74, 6) is 0.533. The molecule has 0 aromatic heterocycles. The van der Waals surface area contributed by atoms with Crippen LogP contribution in [-0.4, -0.2) is 28.5 Å². The molecule has 1 aliphatic carbocycles. The predicted molar refractivity (Wildman–Crippen MR) is 71.7 cm³/mol. The molecule has 1 saturated carbocycles. The van der Waals surface area contributed by atoms with Crippen molar-refractivity contribution in [3.05, 3.63) is 29.3 Å². The Balaban J connectivity index is 2.25. The third-order valence-electron chi connectivity index (χ3n) is 3.28. The highest BCUT2D eigenvalue weighted by Gasteiger charge is 2.34. The smallest absolute Gasteiger partial charge is 0.257 e. The third kappa shape index (κ3) is 2.66. The van der Waals surface area contributed by atoms with E-state index in [1.807, 2.05) is 24.0 Å². The Kier molecular flexibility index (Phi) is 3.60. The molecule has 1 aromatic rings. The molecule has 0 radical (unpaired) electrons. The average Bonchev–Trinajstić information content (AvgIpc) is 3.12. The quantitative estimate of drug-likeness (QED) is 0.888. The summed E-state index contributed by atoms with van der Waals surface area (Å²) in [4.78, 5) is 14.4. The van der Waals surface area contributed by atoms with Crippen molar-refractivity contribution in [1.29, 1.82) is 0 Å². The molecule has 3 heteroatoms. The molecule has 0 unspecified atom stereocenters. The van der Waals surface area contributed by atoms with Gasteiger partial charge in [0.15, 0.2) is 0 Å². The summed E-state index contributed by atoms with van der Waals surface area (Å²) >= 11 is 0. The Morgan fingerprint density at radius 2 is 2.11 bits per heavy atom. The van der Waals surface area contributed by atoms with Crippen LogP contribution in [0.4, 0.5) is 0 Å². The van der Waals surface area contributed by atoms with Gasteiger partial charge in [-0.2, -0.15) is 0 Å². The van der Waals surface area contributed by atoms with Gasteiger partial charge in [0.2, 0.25) is 0 Å². The second kappa shape index (κ2) is 5.01. The molecule has 2 rings (SSSR count). The molecule has 0 spiro atoms. The van der Waals surface area contributed by atoms with E-state index in [1.54, 1.807) is 6.07 Å². The van der Waals surface area contributed by atoms with Crippen LogP contribution in [0.1, 0.15) is 42.6 Å². The third-order valence-corrected chi connectivity index (χ3v) is 3.28. The van der Waals surface area contributed by atoms with E-state index in [9.17, 15) is 9.90 Å². The van der Waals surface area contributed by atoms with Crippen LogP contribution in [0.5, 0.6) is 5.75 Å². The highest BCUT2D eigenvalue weighted by atomic mass is 16.3. The van der Waals surface area contributed by atoms with Gasteiger partial charge in [-0.05, 0) is 37.3 Å². The van der Waals surface area contributed by atoms with Crippen molar-refractivity contribution in [3.63, 3.8) is 0 Å². The molecule has 0 saturated heterocycles. The standard InChI is InChI=1S/C15H21NO2/c1-10(2)9-16(12-7-8-12)15(18)13-6-4-5-11(3)14(13)17/h4-6,10,12,17H,7-9H2,1-3H3. The van der Waals surface area contributed by atoms with E-state index >= 15 is 0 Å². The highest BCUT2D eigenvalue weighted by Crippen LogP contribution is 2.31. The zero-order valence-corrected chi connectivity index (χ0v) is 11.3. The minimum absolute atomic E-state index is 0.0348. The second-order valence-corrected chi connectivity index (χ2v) is 5.55. The van der Waals surface area contributed by atoms with Gasteiger partial charge in [-0.3, -0.25) is 4.79 Å². The fourth-order valence-corrected chi connectivity index (χ4v) is 2.16. The van der Waals surface area contributed by atoms with Crippen LogP contribution in [0, 0.1) is 12.8 Å². The normalized spacial score (nSPS) is 14.9. The van der Waals surface area contributed by atoms with E-state index < -0.39 is 0 Å². The molecule has 3 nitrogen and oxygen atoms in total. The number of aromatic hydroxyl groups is 1. The van der Waals surface area contributed by atoms with Crippen molar-refractivity contribution >= 4 is 5.91 Å². The fourth-order valence-electron chi connectivity index (χ4n) is 2.16. The van der Waals surface area contributed by atoms with Gasteiger partial charge >= 0.3 is 0 Å². The molecule has 1 aliphatic rings. The van der Waals surface area contributed by atoms with Gasteiger partial charge in [0.25, 0.3) is 5.91 Å². The number of phenols is 1. The summed E-state index contributed by atoms with van der Waals surface area (Å²) in [6, 6.07) is 5.72. The van der Waals surface area contributed by atoms with Crippen LogP contribution in [0.2, 0.25) is 0 Å².